The molecule has 0 atom stereocenters. The molecule has 0 saturated carbocycles. The first-order valence-corrected chi connectivity index (χ1v) is 6.86. The number of carbonyl (C=O) groups excluding carboxylic acids is 1. The van der Waals surface area contributed by atoms with Crippen molar-refractivity contribution in [2.24, 2.45) is 0 Å². The highest BCUT2D eigenvalue weighted by Gasteiger charge is 2.34. The van der Waals surface area contributed by atoms with Crippen LogP contribution in [0.1, 0.15) is 18.9 Å². The average Bonchev–Trinajstić information content (AvgIpc) is 2.83. The van der Waals surface area contributed by atoms with Gasteiger partial charge in [-0.05, 0) is 13.8 Å². The molecule has 5 heteroatoms. The topological polar surface area (TPSA) is 45.2 Å². The molecule has 1 aromatic heterocycles. The molecule has 1 fully saturated rings. The van der Waals surface area contributed by atoms with Gasteiger partial charge in [0.15, 0.2) is 5.78 Å². The summed E-state index contributed by atoms with van der Waals surface area (Å²) in [6.07, 6.45) is 2.21. The van der Waals surface area contributed by atoms with Gasteiger partial charge in [0.2, 0.25) is 0 Å². The van der Waals surface area contributed by atoms with Gasteiger partial charge in [0.1, 0.15) is 0 Å². The number of hydrogen-bond donors (Lipinski definition) is 1. The number of hydrogen-bond acceptors (Lipinski definition) is 5. The number of rotatable bonds is 4. The zero-order chi connectivity index (χ0) is 12.3. The Balaban J connectivity index is 2.00. The molecule has 2 heterocycles. The summed E-state index contributed by atoms with van der Waals surface area (Å²) in [4.78, 5) is 18.8. The first-order valence-electron chi connectivity index (χ1n) is 5.98. The van der Waals surface area contributed by atoms with Crippen molar-refractivity contribution in [3.05, 3.63) is 16.6 Å². The van der Waals surface area contributed by atoms with Gasteiger partial charge >= 0.3 is 0 Å². The highest BCUT2D eigenvalue weighted by Crippen LogP contribution is 2.19. The van der Waals surface area contributed by atoms with E-state index in [1.165, 1.54) is 0 Å². The van der Waals surface area contributed by atoms with Crippen LogP contribution in [0.4, 0.5) is 0 Å². The molecule has 1 saturated heterocycles. The van der Waals surface area contributed by atoms with Crippen LogP contribution >= 0.6 is 11.3 Å². The quantitative estimate of drug-likeness (QED) is 0.867. The molecular weight excluding hydrogens is 234 g/mol. The smallest absolute Gasteiger partial charge is 0.159 e. The number of thiazole rings is 1. The maximum atomic E-state index is 12.3. The standard InChI is InChI=1S/C12H19N3OS/c1-12(2,15-6-3-13-4-7-15)10(16)9-11-14-5-8-17-11/h5,8,13H,3-4,6-7,9H2,1-2H3. The van der Waals surface area contributed by atoms with Crippen LogP contribution in [0.15, 0.2) is 11.6 Å². The summed E-state index contributed by atoms with van der Waals surface area (Å²) >= 11 is 1.55. The lowest BCUT2D eigenvalue weighted by molar-refractivity contribution is -0.129. The highest BCUT2D eigenvalue weighted by molar-refractivity contribution is 7.09. The van der Waals surface area contributed by atoms with Gasteiger partial charge in [-0.3, -0.25) is 9.69 Å². The van der Waals surface area contributed by atoms with E-state index < -0.39 is 0 Å². The van der Waals surface area contributed by atoms with Crippen molar-refractivity contribution in [2.45, 2.75) is 25.8 Å². The second kappa shape index (κ2) is 5.25. The Hall–Kier alpha value is -0.780. The molecule has 1 N–H and O–H groups in total. The van der Waals surface area contributed by atoms with Crippen LogP contribution in [0.25, 0.3) is 0 Å². The highest BCUT2D eigenvalue weighted by atomic mass is 32.1. The Morgan fingerprint density at radius 3 is 2.82 bits per heavy atom. The van der Waals surface area contributed by atoms with Gasteiger partial charge in [0, 0.05) is 37.8 Å². The van der Waals surface area contributed by atoms with E-state index in [0.29, 0.717) is 6.42 Å². The van der Waals surface area contributed by atoms with E-state index in [9.17, 15) is 4.79 Å². The molecule has 0 radical (unpaired) electrons. The molecule has 2 rings (SSSR count). The average molecular weight is 253 g/mol. The summed E-state index contributed by atoms with van der Waals surface area (Å²) in [5, 5.41) is 6.14. The van der Waals surface area contributed by atoms with Crippen LogP contribution in [-0.4, -0.2) is 47.4 Å². The van der Waals surface area contributed by atoms with Gasteiger partial charge in [0.25, 0.3) is 0 Å². The molecule has 1 aromatic rings. The summed E-state index contributed by atoms with van der Waals surface area (Å²) < 4.78 is 0. The van der Waals surface area contributed by atoms with Gasteiger partial charge in [-0.2, -0.15) is 0 Å². The number of ketones is 1. The van der Waals surface area contributed by atoms with E-state index in [1.54, 1.807) is 17.5 Å². The second-order valence-electron chi connectivity index (χ2n) is 4.82. The predicted octanol–water partition coefficient (Wildman–Crippen LogP) is 0.939. The first-order chi connectivity index (χ1) is 8.10. The van der Waals surface area contributed by atoms with E-state index in [0.717, 1.165) is 31.2 Å². The Morgan fingerprint density at radius 2 is 2.24 bits per heavy atom. The van der Waals surface area contributed by atoms with Crippen molar-refractivity contribution < 1.29 is 4.79 Å². The lowest BCUT2D eigenvalue weighted by Gasteiger charge is -2.39. The van der Waals surface area contributed by atoms with Gasteiger partial charge in [-0.25, -0.2) is 4.98 Å². The van der Waals surface area contributed by atoms with Crippen molar-refractivity contribution >= 4 is 17.1 Å². The largest absolute Gasteiger partial charge is 0.314 e. The Kier molecular flexibility index (Phi) is 3.91. The third-order valence-corrected chi connectivity index (χ3v) is 4.16. The third-order valence-electron chi connectivity index (χ3n) is 3.39. The maximum absolute atomic E-state index is 12.3. The normalized spacial score (nSPS) is 18.2. The number of carbonyl (C=O) groups is 1. The van der Waals surface area contributed by atoms with E-state index in [1.807, 2.05) is 19.2 Å². The number of aromatic nitrogens is 1. The van der Waals surface area contributed by atoms with Gasteiger partial charge in [-0.1, -0.05) is 0 Å². The Labute approximate surface area is 106 Å². The van der Waals surface area contributed by atoms with E-state index in [2.05, 4.69) is 15.2 Å². The zero-order valence-corrected chi connectivity index (χ0v) is 11.2. The van der Waals surface area contributed by atoms with Crippen molar-refractivity contribution in [1.29, 1.82) is 0 Å². The minimum absolute atomic E-state index is 0.259. The van der Waals surface area contributed by atoms with E-state index in [4.69, 9.17) is 0 Å². The molecular formula is C12H19N3OS. The number of Topliss-reactive ketones (excluding diaryl/α,β-unsaturated/α-hetero) is 1. The number of nitrogens with one attached hydrogen (secondary N) is 1. The van der Waals surface area contributed by atoms with Crippen LogP contribution in [0.3, 0.4) is 0 Å². The summed E-state index contributed by atoms with van der Waals surface area (Å²) in [7, 11) is 0. The SMILES string of the molecule is CC(C)(C(=O)Cc1nccs1)N1CCNCC1. The summed E-state index contributed by atoms with van der Waals surface area (Å²) in [6.45, 7) is 7.86. The summed E-state index contributed by atoms with van der Waals surface area (Å²) in [5.74, 6) is 0.259. The van der Waals surface area contributed by atoms with Crippen LogP contribution in [0.5, 0.6) is 0 Å². The molecule has 1 aliphatic heterocycles. The van der Waals surface area contributed by atoms with E-state index >= 15 is 0 Å². The van der Waals surface area contributed by atoms with Crippen LogP contribution in [0, 0.1) is 0 Å². The number of piperazine rings is 1. The summed E-state index contributed by atoms with van der Waals surface area (Å²) in [6, 6.07) is 0. The minimum Gasteiger partial charge on any atom is -0.314 e. The molecule has 0 aliphatic carbocycles. The van der Waals surface area contributed by atoms with Crippen molar-refractivity contribution in [3.8, 4) is 0 Å². The Morgan fingerprint density at radius 1 is 1.53 bits per heavy atom. The fourth-order valence-corrected chi connectivity index (χ4v) is 2.71. The molecule has 0 amide bonds. The Bertz CT molecular complexity index is 369. The zero-order valence-electron chi connectivity index (χ0n) is 10.4. The fraction of sp³-hybridized carbons (Fsp3) is 0.667. The second-order valence-corrected chi connectivity index (χ2v) is 5.80. The summed E-state index contributed by atoms with van der Waals surface area (Å²) in [5.41, 5.74) is -0.381. The van der Waals surface area contributed by atoms with E-state index in [-0.39, 0.29) is 11.3 Å². The van der Waals surface area contributed by atoms with Crippen LogP contribution in [-0.2, 0) is 11.2 Å². The molecule has 94 valence electrons. The molecule has 0 unspecified atom stereocenters. The van der Waals surface area contributed by atoms with Gasteiger partial charge < -0.3 is 5.32 Å². The third kappa shape index (κ3) is 2.91. The predicted molar refractivity (Wildman–Crippen MR) is 69.3 cm³/mol. The molecule has 0 bridgehead atoms. The van der Waals surface area contributed by atoms with Gasteiger partial charge in [0.05, 0.1) is 17.0 Å². The van der Waals surface area contributed by atoms with Crippen molar-refractivity contribution in [3.63, 3.8) is 0 Å². The van der Waals surface area contributed by atoms with Crippen LogP contribution in [0.2, 0.25) is 0 Å². The van der Waals surface area contributed by atoms with Gasteiger partial charge in [-0.15, -0.1) is 11.3 Å². The molecule has 17 heavy (non-hydrogen) atoms. The lowest BCUT2D eigenvalue weighted by Crippen LogP contribution is -2.57. The molecule has 0 aromatic carbocycles. The lowest BCUT2D eigenvalue weighted by atomic mass is 9.94. The molecule has 4 nitrogen and oxygen atoms in total. The van der Waals surface area contributed by atoms with Crippen LogP contribution < -0.4 is 5.32 Å². The van der Waals surface area contributed by atoms with Crippen molar-refractivity contribution in [2.75, 3.05) is 26.2 Å². The maximum Gasteiger partial charge on any atom is 0.159 e. The fourth-order valence-electron chi connectivity index (χ4n) is 2.09. The first kappa shape index (κ1) is 12.7. The molecule has 0 spiro atoms. The minimum atomic E-state index is -0.381. The monoisotopic (exact) mass is 253 g/mol. The number of nitrogens with zero attached hydrogens (tertiary/aromatic N) is 2. The molecule has 1 aliphatic rings. The van der Waals surface area contributed by atoms with Crippen molar-refractivity contribution in [1.82, 2.24) is 15.2 Å².